The largest absolute Gasteiger partial charge is 0.508 e. The van der Waals surface area contributed by atoms with Gasteiger partial charge in [-0.25, -0.2) is 0 Å². The zero-order valence-electron chi connectivity index (χ0n) is 7.46. The summed E-state index contributed by atoms with van der Waals surface area (Å²) < 4.78 is 0. The highest BCUT2D eigenvalue weighted by Crippen LogP contribution is 2.25. The standard InChI is InChI=1S/C10H14N2O/c11-6-10-9-2-1-8(13)5-7(9)3-4-12-10/h1-2,5,10,12-13H,3-4,6,11H2. The lowest BCUT2D eigenvalue weighted by atomic mass is 9.94. The minimum atomic E-state index is 0.254. The van der Waals surface area contributed by atoms with Crippen molar-refractivity contribution in [3.05, 3.63) is 29.3 Å². The molecule has 0 amide bonds. The second-order valence-electron chi connectivity index (χ2n) is 3.38. The Kier molecular flexibility index (Phi) is 2.20. The number of fused-ring (bicyclic) bond motifs is 1. The molecule has 13 heavy (non-hydrogen) atoms. The van der Waals surface area contributed by atoms with Crippen LogP contribution in [-0.4, -0.2) is 18.2 Å². The van der Waals surface area contributed by atoms with Crippen LogP contribution in [0.3, 0.4) is 0 Å². The zero-order chi connectivity index (χ0) is 9.26. The van der Waals surface area contributed by atoms with Gasteiger partial charge in [0, 0.05) is 12.6 Å². The molecule has 1 heterocycles. The Morgan fingerprint density at radius 1 is 1.54 bits per heavy atom. The van der Waals surface area contributed by atoms with Crippen molar-refractivity contribution in [2.24, 2.45) is 5.73 Å². The highest BCUT2D eigenvalue weighted by atomic mass is 16.3. The van der Waals surface area contributed by atoms with Crippen LogP contribution in [0.5, 0.6) is 5.75 Å². The lowest BCUT2D eigenvalue weighted by Crippen LogP contribution is -2.34. The summed E-state index contributed by atoms with van der Waals surface area (Å²) in [5.74, 6) is 0.344. The van der Waals surface area contributed by atoms with E-state index in [1.54, 1.807) is 6.07 Å². The Balaban J connectivity index is 2.40. The van der Waals surface area contributed by atoms with Crippen LogP contribution in [0.4, 0.5) is 0 Å². The van der Waals surface area contributed by atoms with E-state index in [1.165, 1.54) is 11.1 Å². The summed E-state index contributed by atoms with van der Waals surface area (Å²) in [4.78, 5) is 0. The molecule has 0 bridgehead atoms. The van der Waals surface area contributed by atoms with Crippen LogP contribution in [0.25, 0.3) is 0 Å². The van der Waals surface area contributed by atoms with Gasteiger partial charge in [0.05, 0.1) is 0 Å². The summed E-state index contributed by atoms with van der Waals surface area (Å²) in [6.45, 7) is 1.55. The molecule has 0 radical (unpaired) electrons. The first-order chi connectivity index (χ1) is 6.31. The van der Waals surface area contributed by atoms with E-state index in [2.05, 4.69) is 5.32 Å². The molecule has 0 spiro atoms. The van der Waals surface area contributed by atoms with Crippen LogP contribution in [0, 0.1) is 0 Å². The van der Waals surface area contributed by atoms with Gasteiger partial charge in [-0.1, -0.05) is 6.07 Å². The Bertz CT molecular complexity index is 312. The molecule has 0 fully saturated rings. The zero-order valence-corrected chi connectivity index (χ0v) is 7.46. The summed E-state index contributed by atoms with van der Waals surface area (Å²) in [5.41, 5.74) is 8.08. The van der Waals surface area contributed by atoms with Crippen molar-refractivity contribution in [2.45, 2.75) is 12.5 Å². The molecule has 2 rings (SSSR count). The van der Waals surface area contributed by atoms with Gasteiger partial charge in [0.25, 0.3) is 0 Å². The van der Waals surface area contributed by atoms with Gasteiger partial charge in [0.2, 0.25) is 0 Å². The molecule has 1 aromatic carbocycles. The second-order valence-corrected chi connectivity index (χ2v) is 3.38. The SMILES string of the molecule is NCC1NCCc2cc(O)ccc21. The smallest absolute Gasteiger partial charge is 0.115 e. The van der Waals surface area contributed by atoms with E-state index in [1.807, 2.05) is 12.1 Å². The number of phenolic OH excluding ortho intramolecular Hbond substituents is 1. The minimum Gasteiger partial charge on any atom is -0.508 e. The van der Waals surface area contributed by atoms with Crippen molar-refractivity contribution in [3.8, 4) is 5.75 Å². The maximum Gasteiger partial charge on any atom is 0.115 e. The van der Waals surface area contributed by atoms with Gasteiger partial charge in [-0.15, -0.1) is 0 Å². The lowest BCUT2D eigenvalue weighted by molar-refractivity contribution is 0.468. The van der Waals surface area contributed by atoms with Crippen molar-refractivity contribution in [1.29, 1.82) is 0 Å². The number of rotatable bonds is 1. The number of benzene rings is 1. The molecule has 70 valence electrons. The van der Waals surface area contributed by atoms with Crippen molar-refractivity contribution >= 4 is 0 Å². The molecule has 1 aliphatic heterocycles. The quantitative estimate of drug-likeness (QED) is 0.588. The van der Waals surface area contributed by atoms with E-state index in [0.29, 0.717) is 12.3 Å². The van der Waals surface area contributed by atoms with Crippen LogP contribution in [-0.2, 0) is 6.42 Å². The minimum absolute atomic E-state index is 0.254. The van der Waals surface area contributed by atoms with E-state index < -0.39 is 0 Å². The van der Waals surface area contributed by atoms with E-state index >= 15 is 0 Å². The van der Waals surface area contributed by atoms with Crippen LogP contribution in [0.15, 0.2) is 18.2 Å². The molecular formula is C10H14N2O. The maximum absolute atomic E-state index is 9.30. The van der Waals surface area contributed by atoms with Crippen molar-refractivity contribution in [2.75, 3.05) is 13.1 Å². The molecule has 0 aliphatic carbocycles. The molecular weight excluding hydrogens is 164 g/mol. The molecule has 0 saturated heterocycles. The van der Waals surface area contributed by atoms with E-state index in [4.69, 9.17) is 5.73 Å². The summed E-state index contributed by atoms with van der Waals surface area (Å²) in [6.07, 6.45) is 0.972. The van der Waals surface area contributed by atoms with Crippen LogP contribution in [0.1, 0.15) is 17.2 Å². The van der Waals surface area contributed by atoms with E-state index in [0.717, 1.165) is 13.0 Å². The van der Waals surface area contributed by atoms with E-state index in [-0.39, 0.29) is 6.04 Å². The summed E-state index contributed by atoms with van der Waals surface area (Å²) in [7, 11) is 0. The van der Waals surface area contributed by atoms with E-state index in [9.17, 15) is 5.11 Å². The van der Waals surface area contributed by atoms with Crippen LogP contribution >= 0.6 is 0 Å². The predicted octanol–water partition coefficient (Wildman–Crippen LogP) is 0.538. The number of hydrogen-bond acceptors (Lipinski definition) is 3. The highest BCUT2D eigenvalue weighted by molar-refractivity contribution is 5.38. The molecule has 3 heteroatoms. The summed E-state index contributed by atoms with van der Waals surface area (Å²) in [5, 5.41) is 12.6. The average Bonchev–Trinajstić information content (AvgIpc) is 2.16. The fourth-order valence-corrected chi connectivity index (χ4v) is 1.85. The highest BCUT2D eigenvalue weighted by Gasteiger charge is 2.17. The van der Waals surface area contributed by atoms with Crippen LogP contribution in [0.2, 0.25) is 0 Å². The normalized spacial score (nSPS) is 21.2. The number of nitrogens with two attached hydrogens (primary N) is 1. The first kappa shape index (κ1) is 8.53. The monoisotopic (exact) mass is 178 g/mol. The molecule has 3 nitrogen and oxygen atoms in total. The molecule has 0 aromatic heterocycles. The Labute approximate surface area is 77.6 Å². The maximum atomic E-state index is 9.30. The molecule has 1 aromatic rings. The number of phenols is 1. The third-order valence-corrected chi connectivity index (χ3v) is 2.52. The number of aromatic hydroxyl groups is 1. The molecule has 1 aliphatic rings. The van der Waals surface area contributed by atoms with Crippen LogP contribution < -0.4 is 11.1 Å². The molecule has 1 atom stereocenters. The van der Waals surface area contributed by atoms with Crippen molar-refractivity contribution in [3.63, 3.8) is 0 Å². The first-order valence-electron chi connectivity index (χ1n) is 4.56. The number of nitrogens with one attached hydrogen (secondary N) is 1. The fraction of sp³-hybridized carbons (Fsp3) is 0.400. The third-order valence-electron chi connectivity index (χ3n) is 2.52. The molecule has 0 saturated carbocycles. The van der Waals surface area contributed by atoms with Crippen molar-refractivity contribution in [1.82, 2.24) is 5.32 Å². The number of hydrogen-bond donors (Lipinski definition) is 3. The van der Waals surface area contributed by atoms with Gasteiger partial charge in [0.1, 0.15) is 5.75 Å². The lowest BCUT2D eigenvalue weighted by Gasteiger charge is -2.25. The van der Waals surface area contributed by atoms with Gasteiger partial charge in [0.15, 0.2) is 0 Å². The third kappa shape index (κ3) is 1.53. The Morgan fingerprint density at radius 3 is 3.15 bits per heavy atom. The average molecular weight is 178 g/mol. The summed E-state index contributed by atoms with van der Waals surface area (Å²) in [6, 6.07) is 5.76. The molecule has 4 N–H and O–H groups in total. The summed E-state index contributed by atoms with van der Waals surface area (Å²) >= 11 is 0. The van der Waals surface area contributed by atoms with Gasteiger partial charge in [-0.2, -0.15) is 0 Å². The van der Waals surface area contributed by atoms with Gasteiger partial charge in [-0.05, 0) is 36.2 Å². The van der Waals surface area contributed by atoms with Gasteiger partial charge >= 0.3 is 0 Å². The topological polar surface area (TPSA) is 58.3 Å². The molecule has 1 unspecified atom stereocenters. The Morgan fingerprint density at radius 2 is 2.38 bits per heavy atom. The van der Waals surface area contributed by atoms with Gasteiger partial charge in [-0.3, -0.25) is 0 Å². The Hall–Kier alpha value is -1.06. The van der Waals surface area contributed by atoms with Crippen molar-refractivity contribution < 1.29 is 5.11 Å². The predicted molar refractivity (Wildman–Crippen MR) is 51.6 cm³/mol. The first-order valence-corrected chi connectivity index (χ1v) is 4.56. The second kappa shape index (κ2) is 3.36. The van der Waals surface area contributed by atoms with Gasteiger partial charge < -0.3 is 16.2 Å². The fourth-order valence-electron chi connectivity index (χ4n) is 1.85.